The van der Waals surface area contributed by atoms with Crippen molar-refractivity contribution in [2.75, 3.05) is 26.2 Å². The van der Waals surface area contributed by atoms with Crippen LogP contribution in [0.25, 0.3) is 0 Å². The zero-order valence-corrected chi connectivity index (χ0v) is 7.12. The third-order valence-electron chi connectivity index (χ3n) is 1.80. The lowest BCUT2D eigenvalue weighted by Crippen LogP contribution is -2.46. The number of nitrogens with two attached hydrogens (primary N) is 1. The SMILES string of the molecule is NC/C=C/CN1CCCNC1=O. The zero-order chi connectivity index (χ0) is 8.81. The van der Waals surface area contributed by atoms with E-state index in [2.05, 4.69) is 5.32 Å². The van der Waals surface area contributed by atoms with E-state index < -0.39 is 0 Å². The number of hydrogen-bond acceptors (Lipinski definition) is 2. The van der Waals surface area contributed by atoms with Crippen LogP contribution in [0.3, 0.4) is 0 Å². The van der Waals surface area contributed by atoms with Gasteiger partial charge in [-0.25, -0.2) is 4.79 Å². The monoisotopic (exact) mass is 169 g/mol. The molecule has 1 heterocycles. The van der Waals surface area contributed by atoms with Gasteiger partial charge in [-0.15, -0.1) is 0 Å². The summed E-state index contributed by atoms with van der Waals surface area (Å²) < 4.78 is 0. The maximum Gasteiger partial charge on any atom is 0.317 e. The summed E-state index contributed by atoms with van der Waals surface area (Å²) in [5, 5.41) is 2.78. The molecule has 0 aromatic rings. The van der Waals surface area contributed by atoms with Crippen LogP contribution < -0.4 is 11.1 Å². The van der Waals surface area contributed by atoms with Gasteiger partial charge in [-0.1, -0.05) is 12.2 Å². The van der Waals surface area contributed by atoms with Gasteiger partial charge in [-0.05, 0) is 6.42 Å². The molecule has 1 rings (SSSR count). The Bertz CT molecular complexity index is 179. The van der Waals surface area contributed by atoms with Crippen LogP contribution in [0.15, 0.2) is 12.2 Å². The predicted molar refractivity (Wildman–Crippen MR) is 47.8 cm³/mol. The highest BCUT2D eigenvalue weighted by molar-refractivity contribution is 5.74. The highest BCUT2D eigenvalue weighted by Crippen LogP contribution is 1.98. The zero-order valence-electron chi connectivity index (χ0n) is 7.12. The van der Waals surface area contributed by atoms with E-state index >= 15 is 0 Å². The van der Waals surface area contributed by atoms with Gasteiger partial charge in [-0.3, -0.25) is 0 Å². The van der Waals surface area contributed by atoms with Crippen LogP contribution in [0.5, 0.6) is 0 Å². The first-order valence-electron chi connectivity index (χ1n) is 4.22. The molecular weight excluding hydrogens is 154 g/mol. The van der Waals surface area contributed by atoms with Crippen LogP contribution >= 0.6 is 0 Å². The second kappa shape index (κ2) is 4.77. The van der Waals surface area contributed by atoms with Crippen molar-refractivity contribution in [1.29, 1.82) is 0 Å². The van der Waals surface area contributed by atoms with Gasteiger partial charge >= 0.3 is 6.03 Å². The molecule has 0 aromatic heterocycles. The molecule has 2 amide bonds. The van der Waals surface area contributed by atoms with Crippen molar-refractivity contribution in [2.45, 2.75) is 6.42 Å². The Balaban J connectivity index is 2.29. The number of urea groups is 1. The molecule has 0 aromatic carbocycles. The summed E-state index contributed by atoms with van der Waals surface area (Å²) in [7, 11) is 0. The summed E-state index contributed by atoms with van der Waals surface area (Å²) >= 11 is 0. The van der Waals surface area contributed by atoms with Crippen molar-refractivity contribution < 1.29 is 4.79 Å². The molecule has 0 aliphatic carbocycles. The standard InChI is InChI=1S/C8H15N3O/c9-4-1-2-6-11-7-3-5-10-8(11)12/h1-2H,3-7,9H2,(H,10,12)/b2-1+. The number of nitrogens with zero attached hydrogens (tertiary/aromatic N) is 1. The fourth-order valence-electron chi connectivity index (χ4n) is 1.15. The normalized spacial score (nSPS) is 18.4. The van der Waals surface area contributed by atoms with E-state index in [1.807, 2.05) is 12.2 Å². The second-order valence-corrected chi connectivity index (χ2v) is 2.74. The quantitative estimate of drug-likeness (QED) is 0.580. The average Bonchev–Trinajstić information content (AvgIpc) is 2.09. The average molecular weight is 169 g/mol. The summed E-state index contributed by atoms with van der Waals surface area (Å²) in [6, 6.07) is 0.0305. The molecular formula is C8H15N3O. The maximum absolute atomic E-state index is 11.1. The van der Waals surface area contributed by atoms with Crippen LogP contribution in [0.2, 0.25) is 0 Å². The molecule has 1 aliphatic heterocycles. The summed E-state index contributed by atoms with van der Waals surface area (Å²) in [6.45, 7) is 2.86. The molecule has 0 bridgehead atoms. The van der Waals surface area contributed by atoms with Crippen molar-refractivity contribution in [3.8, 4) is 0 Å². The molecule has 0 saturated carbocycles. The first kappa shape index (κ1) is 9.06. The Morgan fingerprint density at radius 2 is 2.42 bits per heavy atom. The third kappa shape index (κ3) is 2.54. The van der Waals surface area contributed by atoms with Gasteiger partial charge in [0.1, 0.15) is 0 Å². The number of amides is 2. The minimum Gasteiger partial charge on any atom is -0.338 e. The van der Waals surface area contributed by atoms with Crippen molar-refractivity contribution in [3.63, 3.8) is 0 Å². The number of carbonyl (C=O) groups excluding carboxylic acids is 1. The number of carbonyl (C=O) groups is 1. The molecule has 1 fully saturated rings. The molecule has 4 heteroatoms. The minimum absolute atomic E-state index is 0.0305. The van der Waals surface area contributed by atoms with Crippen LogP contribution in [-0.2, 0) is 0 Å². The highest BCUT2D eigenvalue weighted by Gasteiger charge is 2.14. The fourth-order valence-corrected chi connectivity index (χ4v) is 1.15. The molecule has 68 valence electrons. The van der Waals surface area contributed by atoms with E-state index in [0.717, 1.165) is 19.5 Å². The third-order valence-corrected chi connectivity index (χ3v) is 1.80. The lowest BCUT2D eigenvalue weighted by Gasteiger charge is -2.26. The van der Waals surface area contributed by atoms with Crippen molar-refractivity contribution in [3.05, 3.63) is 12.2 Å². The highest BCUT2D eigenvalue weighted by atomic mass is 16.2. The van der Waals surface area contributed by atoms with Crippen molar-refractivity contribution in [2.24, 2.45) is 5.73 Å². The summed E-state index contributed by atoms with van der Waals surface area (Å²) in [6.07, 6.45) is 4.81. The van der Waals surface area contributed by atoms with Gasteiger partial charge in [0.2, 0.25) is 0 Å². The van der Waals surface area contributed by atoms with E-state index in [4.69, 9.17) is 5.73 Å². The first-order valence-corrected chi connectivity index (χ1v) is 4.22. The van der Waals surface area contributed by atoms with Crippen LogP contribution in [0.4, 0.5) is 4.79 Å². The summed E-state index contributed by atoms with van der Waals surface area (Å²) in [5.41, 5.74) is 5.27. The van der Waals surface area contributed by atoms with Gasteiger partial charge in [0, 0.05) is 26.2 Å². The van der Waals surface area contributed by atoms with Gasteiger partial charge in [-0.2, -0.15) is 0 Å². The van der Waals surface area contributed by atoms with Gasteiger partial charge in [0.15, 0.2) is 0 Å². The van der Waals surface area contributed by atoms with E-state index in [1.165, 1.54) is 0 Å². The lowest BCUT2D eigenvalue weighted by molar-refractivity contribution is 0.192. The second-order valence-electron chi connectivity index (χ2n) is 2.74. The molecule has 12 heavy (non-hydrogen) atoms. The molecule has 0 radical (unpaired) electrons. The van der Waals surface area contributed by atoms with Crippen LogP contribution in [-0.4, -0.2) is 37.1 Å². The van der Waals surface area contributed by atoms with Crippen molar-refractivity contribution >= 4 is 6.03 Å². The predicted octanol–water partition coefficient (Wildman–Crippen LogP) is -0.0834. The Morgan fingerprint density at radius 3 is 3.08 bits per heavy atom. The van der Waals surface area contributed by atoms with Crippen LogP contribution in [0, 0.1) is 0 Å². The molecule has 0 atom stereocenters. The van der Waals surface area contributed by atoms with E-state index in [9.17, 15) is 4.79 Å². The molecule has 1 saturated heterocycles. The van der Waals surface area contributed by atoms with Gasteiger partial charge in [0.25, 0.3) is 0 Å². The Kier molecular flexibility index (Phi) is 3.60. The number of rotatable bonds is 3. The Labute approximate surface area is 72.4 Å². The fraction of sp³-hybridized carbons (Fsp3) is 0.625. The molecule has 0 spiro atoms. The first-order chi connectivity index (χ1) is 5.84. The van der Waals surface area contributed by atoms with Gasteiger partial charge in [0.05, 0.1) is 0 Å². The molecule has 4 nitrogen and oxygen atoms in total. The molecule has 1 aliphatic rings. The topological polar surface area (TPSA) is 58.4 Å². The maximum atomic E-state index is 11.1. The number of hydrogen-bond donors (Lipinski definition) is 2. The smallest absolute Gasteiger partial charge is 0.317 e. The van der Waals surface area contributed by atoms with E-state index in [0.29, 0.717) is 13.1 Å². The lowest BCUT2D eigenvalue weighted by atomic mass is 10.3. The molecule has 3 N–H and O–H groups in total. The Morgan fingerprint density at radius 1 is 1.58 bits per heavy atom. The van der Waals surface area contributed by atoms with Crippen LogP contribution in [0.1, 0.15) is 6.42 Å². The summed E-state index contributed by atoms with van der Waals surface area (Å²) in [4.78, 5) is 12.9. The number of nitrogens with one attached hydrogen (secondary N) is 1. The molecule has 0 unspecified atom stereocenters. The summed E-state index contributed by atoms with van der Waals surface area (Å²) in [5.74, 6) is 0. The van der Waals surface area contributed by atoms with E-state index in [-0.39, 0.29) is 6.03 Å². The van der Waals surface area contributed by atoms with Crippen molar-refractivity contribution in [1.82, 2.24) is 10.2 Å². The minimum atomic E-state index is 0.0305. The Hall–Kier alpha value is -1.03. The van der Waals surface area contributed by atoms with E-state index in [1.54, 1.807) is 4.90 Å². The van der Waals surface area contributed by atoms with Gasteiger partial charge < -0.3 is 16.0 Å². The largest absolute Gasteiger partial charge is 0.338 e.